The lowest BCUT2D eigenvalue weighted by Crippen LogP contribution is -2.22. The Balaban J connectivity index is 2.37. The molecule has 20 heavy (non-hydrogen) atoms. The zero-order chi connectivity index (χ0) is 14.7. The maximum absolute atomic E-state index is 11.6. The van der Waals surface area contributed by atoms with E-state index in [0.717, 1.165) is 22.4 Å². The van der Waals surface area contributed by atoms with Gasteiger partial charge < -0.3 is 10.4 Å². The van der Waals surface area contributed by atoms with E-state index in [2.05, 4.69) is 5.32 Å². The third-order valence-corrected chi connectivity index (χ3v) is 3.48. The molecule has 2 aromatic carbocycles. The van der Waals surface area contributed by atoms with E-state index in [1.807, 2.05) is 32.0 Å². The van der Waals surface area contributed by atoms with Crippen LogP contribution < -0.4 is 5.32 Å². The number of carbonyl (C=O) groups is 1. The molecule has 104 valence electrons. The van der Waals surface area contributed by atoms with E-state index in [1.165, 1.54) is 0 Å². The summed E-state index contributed by atoms with van der Waals surface area (Å²) in [7, 11) is 0. The third kappa shape index (κ3) is 3.11. The van der Waals surface area contributed by atoms with Gasteiger partial charge in [0.05, 0.1) is 0 Å². The van der Waals surface area contributed by atoms with Gasteiger partial charge in [-0.1, -0.05) is 29.8 Å². The van der Waals surface area contributed by atoms with Crippen molar-refractivity contribution in [1.82, 2.24) is 0 Å². The maximum Gasteiger partial charge on any atom is 0.330 e. The maximum atomic E-state index is 11.6. The number of benzene rings is 2. The Kier molecular flexibility index (Phi) is 4.30. The molecule has 0 aliphatic carbocycles. The number of halogens is 1. The zero-order valence-electron chi connectivity index (χ0n) is 11.4. The molecule has 0 bridgehead atoms. The van der Waals surface area contributed by atoms with Gasteiger partial charge in [-0.3, -0.25) is 0 Å². The standard InChI is InChI=1S/C16H16ClNO2/c1-10-4-3-5-11(2)14(10)15(16(19)20)18-13-8-6-12(17)7-9-13/h3-9,15,18H,1-2H3,(H,19,20). The summed E-state index contributed by atoms with van der Waals surface area (Å²) in [5.41, 5.74) is 3.44. The van der Waals surface area contributed by atoms with Crippen LogP contribution in [0.15, 0.2) is 42.5 Å². The van der Waals surface area contributed by atoms with Crippen LogP contribution >= 0.6 is 11.6 Å². The molecule has 2 N–H and O–H groups in total. The predicted octanol–water partition coefficient (Wildman–Crippen LogP) is 4.19. The molecule has 0 spiro atoms. The summed E-state index contributed by atoms with van der Waals surface area (Å²) in [5.74, 6) is -0.905. The minimum absolute atomic E-state index is 0.620. The van der Waals surface area contributed by atoms with Gasteiger partial charge in [0, 0.05) is 10.7 Å². The van der Waals surface area contributed by atoms with Crippen LogP contribution in [0, 0.1) is 13.8 Å². The highest BCUT2D eigenvalue weighted by Crippen LogP contribution is 2.26. The van der Waals surface area contributed by atoms with Crippen molar-refractivity contribution in [3.05, 3.63) is 64.2 Å². The van der Waals surface area contributed by atoms with Gasteiger partial charge in [-0.05, 0) is 54.8 Å². The van der Waals surface area contributed by atoms with Crippen LogP contribution in [0.2, 0.25) is 5.02 Å². The highest BCUT2D eigenvalue weighted by molar-refractivity contribution is 6.30. The SMILES string of the molecule is Cc1cccc(C)c1C(Nc1ccc(Cl)cc1)C(=O)O. The first-order valence-electron chi connectivity index (χ1n) is 6.30. The summed E-state index contributed by atoms with van der Waals surface area (Å²) in [6, 6.07) is 12.0. The summed E-state index contributed by atoms with van der Waals surface area (Å²) in [5, 5.41) is 13.2. The second kappa shape index (κ2) is 5.97. The molecule has 0 aliphatic rings. The van der Waals surface area contributed by atoms with E-state index in [-0.39, 0.29) is 0 Å². The van der Waals surface area contributed by atoms with Crippen molar-refractivity contribution in [2.24, 2.45) is 0 Å². The summed E-state index contributed by atoms with van der Waals surface area (Å²) in [6.45, 7) is 3.84. The topological polar surface area (TPSA) is 49.3 Å². The Morgan fingerprint density at radius 2 is 1.65 bits per heavy atom. The number of carboxylic acid groups (broad SMARTS) is 1. The Bertz CT molecular complexity index is 603. The van der Waals surface area contributed by atoms with Gasteiger partial charge in [0.2, 0.25) is 0 Å². The average molecular weight is 290 g/mol. The summed E-state index contributed by atoms with van der Waals surface area (Å²) in [6.07, 6.45) is 0. The molecule has 0 radical (unpaired) electrons. The van der Waals surface area contributed by atoms with Crippen molar-refractivity contribution in [3.8, 4) is 0 Å². The molecular weight excluding hydrogens is 274 g/mol. The second-order valence-corrected chi connectivity index (χ2v) is 5.16. The Hall–Kier alpha value is -2.00. The quantitative estimate of drug-likeness (QED) is 0.887. The second-order valence-electron chi connectivity index (χ2n) is 4.73. The summed E-state index contributed by atoms with van der Waals surface area (Å²) < 4.78 is 0. The monoisotopic (exact) mass is 289 g/mol. The van der Waals surface area contributed by atoms with Gasteiger partial charge in [-0.2, -0.15) is 0 Å². The molecular formula is C16H16ClNO2. The lowest BCUT2D eigenvalue weighted by Gasteiger charge is -2.20. The van der Waals surface area contributed by atoms with Crippen LogP contribution in [-0.2, 0) is 4.79 Å². The molecule has 0 saturated carbocycles. The predicted molar refractivity (Wildman–Crippen MR) is 81.4 cm³/mol. The number of nitrogens with one attached hydrogen (secondary N) is 1. The first-order valence-corrected chi connectivity index (χ1v) is 6.68. The summed E-state index contributed by atoms with van der Waals surface area (Å²) >= 11 is 5.83. The van der Waals surface area contributed by atoms with Gasteiger partial charge in [-0.25, -0.2) is 4.79 Å². The van der Waals surface area contributed by atoms with Crippen molar-refractivity contribution in [2.75, 3.05) is 5.32 Å². The van der Waals surface area contributed by atoms with Crippen molar-refractivity contribution in [2.45, 2.75) is 19.9 Å². The van der Waals surface area contributed by atoms with Gasteiger partial charge in [0.15, 0.2) is 6.04 Å². The number of hydrogen-bond donors (Lipinski definition) is 2. The van der Waals surface area contributed by atoms with Crippen molar-refractivity contribution in [1.29, 1.82) is 0 Å². The number of rotatable bonds is 4. The number of aliphatic carboxylic acids is 1. The number of carboxylic acids is 1. The zero-order valence-corrected chi connectivity index (χ0v) is 12.1. The molecule has 4 heteroatoms. The van der Waals surface area contributed by atoms with E-state index >= 15 is 0 Å². The average Bonchev–Trinajstić information content (AvgIpc) is 2.39. The molecule has 0 amide bonds. The highest BCUT2D eigenvalue weighted by atomic mass is 35.5. The van der Waals surface area contributed by atoms with Crippen molar-refractivity contribution < 1.29 is 9.90 Å². The van der Waals surface area contributed by atoms with Gasteiger partial charge >= 0.3 is 5.97 Å². The van der Waals surface area contributed by atoms with E-state index in [1.54, 1.807) is 24.3 Å². The smallest absolute Gasteiger partial charge is 0.330 e. The number of hydrogen-bond acceptors (Lipinski definition) is 2. The van der Waals surface area contributed by atoms with E-state index in [0.29, 0.717) is 5.02 Å². The molecule has 1 atom stereocenters. The van der Waals surface area contributed by atoms with Crippen molar-refractivity contribution >= 4 is 23.3 Å². The Morgan fingerprint density at radius 3 is 2.15 bits per heavy atom. The fourth-order valence-corrected chi connectivity index (χ4v) is 2.38. The first-order chi connectivity index (χ1) is 9.49. The minimum atomic E-state index is -0.905. The molecule has 1 unspecified atom stereocenters. The molecule has 0 fully saturated rings. The molecule has 0 aliphatic heterocycles. The van der Waals surface area contributed by atoms with Gasteiger partial charge in [0.1, 0.15) is 0 Å². The lowest BCUT2D eigenvalue weighted by molar-refractivity contribution is -0.138. The van der Waals surface area contributed by atoms with E-state index < -0.39 is 12.0 Å². The van der Waals surface area contributed by atoms with Crippen molar-refractivity contribution in [3.63, 3.8) is 0 Å². The van der Waals surface area contributed by atoms with Crippen LogP contribution in [-0.4, -0.2) is 11.1 Å². The van der Waals surface area contributed by atoms with Gasteiger partial charge in [-0.15, -0.1) is 0 Å². The normalized spacial score (nSPS) is 11.9. The Labute approximate surface area is 123 Å². The largest absolute Gasteiger partial charge is 0.479 e. The van der Waals surface area contributed by atoms with Crippen LogP contribution in [0.5, 0.6) is 0 Å². The number of anilines is 1. The fourth-order valence-electron chi connectivity index (χ4n) is 2.25. The first kappa shape index (κ1) is 14.4. The van der Waals surface area contributed by atoms with Crippen LogP contribution in [0.4, 0.5) is 5.69 Å². The molecule has 2 rings (SSSR count). The highest BCUT2D eigenvalue weighted by Gasteiger charge is 2.23. The third-order valence-electron chi connectivity index (χ3n) is 3.23. The lowest BCUT2D eigenvalue weighted by atomic mass is 9.96. The van der Waals surface area contributed by atoms with Crippen LogP contribution in [0.1, 0.15) is 22.7 Å². The minimum Gasteiger partial charge on any atom is -0.479 e. The van der Waals surface area contributed by atoms with Gasteiger partial charge in [0.25, 0.3) is 0 Å². The molecule has 0 saturated heterocycles. The molecule has 0 heterocycles. The summed E-state index contributed by atoms with van der Waals surface area (Å²) in [4.78, 5) is 11.6. The fraction of sp³-hybridized carbons (Fsp3) is 0.188. The van der Waals surface area contributed by atoms with Crippen LogP contribution in [0.25, 0.3) is 0 Å². The van der Waals surface area contributed by atoms with E-state index in [9.17, 15) is 9.90 Å². The van der Waals surface area contributed by atoms with Crippen LogP contribution in [0.3, 0.4) is 0 Å². The molecule has 3 nitrogen and oxygen atoms in total. The molecule has 0 aromatic heterocycles. The van der Waals surface area contributed by atoms with E-state index in [4.69, 9.17) is 11.6 Å². The molecule has 2 aromatic rings. The number of aryl methyl sites for hydroxylation is 2. The Morgan fingerprint density at radius 1 is 1.10 bits per heavy atom.